The molecule has 2 aromatic heterocycles. The number of nitrogens with one attached hydrogen (secondary N) is 1. The lowest BCUT2D eigenvalue weighted by molar-refractivity contribution is -0.122. The number of benzene rings is 2. The lowest BCUT2D eigenvalue weighted by atomic mass is 10.1. The van der Waals surface area contributed by atoms with Crippen LogP contribution in [0.3, 0.4) is 0 Å². The van der Waals surface area contributed by atoms with Crippen molar-refractivity contribution in [1.82, 2.24) is 24.4 Å². The minimum Gasteiger partial charge on any atom is -0.497 e. The van der Waals surface area contributed by atoms with Crippen LogP contribution in [0.2, 0.25) is 0 Å². The molecule has 1 atom stereocenters. The number of hydrogen-bond donors (Lipinski definition) is 1. The number of carbonyl (C=O) groups excluding carboxylic acids is 1. The number of carbonyl (C=O) groups is 1. The summed E-state index contributed by atoms with van der Waals surface area (Å²) in [5.74, 6) is 3.00. The predicted octanol–water partition coefficient (Wildman–Crippen LogP) is 3.55. The fourth-order valence-corrected chi connectivity index (χ4v) is 4.14. The largest absolute Gasteiger partial charge is 0.497 e. The van der Waals surface area contributed by atoms with E-state index in [1.807, 2.05) is 77.2 Å². The highest BCUT2D eigenvalue weighted by molar-refractivity contribution is 7.97. The van der Waals surface area contributed by atoms with E-state index < -0.39 is 6.04 Å². The number of aryl methyl sites for hydroxylation is 1. The van der Waals surface area contributed by atoms with E-state index in [0.29, 0.717) is 0 Å². The molecule has 2 heterocycles. The summed E-state index contributed by atoms with van der Waals surface area (Å²) in [4.78, 5) is 22.4. The van der Waals surface area contributed by atoms with E-state index >= 15 is 0 Å². The number of rotatable bonds is 8. The van der Waals surface area contributed by atoms with Crippen LogP contribution in [0, 0.1) is 0 Å². The molecular weight excluding hydrogens is 410 g/mol. The van der Waals surface area contributed by atoms with Gasteiger partial charge in [0.1, 0.15) is 30.0 Å². The van der Waals surface area contributed by atoms with Crippen LogP contribution in [0.15, 0.2) is 60.9 Å². The summed E-state index contributed by atoms with van der Waals surface area (Å²) in [5.41, 5.74) is 2.76. The number of imidazole rings is 2. The first-order valence-corrected chi connectivity index (χ1v) is 11.3. The van der Waals surface area contributed by atoms with Crippen LogP contribution >= 0.6 is 11.8 Å². The molecule has 0 radical (unpaired) electrons. The Morgan fingerprint density at radius 2 is 2.06 bits per heavy atom. The first kappa shape index (κ1) is 21.0. The first-order valence-electron chi connectivity index (χ1n) is 9.94. The van der Waals surface area contributed by atoms with Crippen molar-refractivity contribution in [3.63, 3.8) is 0 Å². The number of methoxy groups -OCH3 is 1. The average Bonchev–Trinajstić information content (AvgIpc) is 3.36. The Morgan fingerprint density at radius 1 is 1.23 bits per heavy atom. The van der Waals surface area contributed by atoms with Gasteiger partial charge in [0.25, 0.3) is 0 Å². The second-order valence-corrected chi connectivity index (χ2v) is 8.08. The summed E-state index contributed by atoms with van der Waals surface area (Å²) in [7, 11) is 3.55. The molecule has 1 amide bonds. The molecule has 0 spiro atoms. The number of fused-ring (bicyclic) bond motifs is 1. The van der Waals surface area contributed by atoms with Gasteiger partial charge in [-0.05, 0) is 36.1 Å². The van der Waals surface area contributed by atoms with Crippen molar-refractivity contribution in [1.29, 1.82) is 0 Å². The van der Waals surface area contributed by atoms with Crippen molar-refractivity contribution in [2.24, 2.45) is 7.05 Å². The first-order chi connectivity index (χ1) is 15.1. The van der Waals surface area contributed by atoms with Crippen LogP contribution in [-0.2, 0) is 24.1 Å². The number of para-hydroxylation sites is 2. The maximum atomic E-state index is 13.2. The molecule has 7 nitrogen and oxygen atoms in total. The summed E-state index contributed by atoms with van der Waals surface area (Å²) < 4.78 is 9.28. The predicted molar refractivity (Wildman–Crippen MR) is 123 cm³/mol. The number of amides is 1. The Balaban J connectivity index is 1.65. The van der Waals surface area contributed by atoms with Gasteiger partial charge < -0.3 is 19.2 Å². The highest BCUT2D eigenvalue weighted by Crippen LogP contribution is 2.25. The minimum absolute atomic E-state index is 0.110. The molecule has 0 saturated heterocycles. The Labute approximate surface area is 185 Å². The standard InChI is InChI=1S/C23H25N5O2S/c1-27-12-11-24-23(27)22(16-7-6-8-17(13-16)30-2)26-21(29)14-28-19-10-5-4-9-18(19)25-20(28)15-31-3/h4-13,22H,14-15H2,1-3H3,(H,26,29). The molecule has 8 heteroatoms. The number of aromatic nitrogens is 4. The molecule has 4 aromatic rings. The van der Waals surface area contributed by atoms with Crippen molar-refractivity contribution in [2.75, 3.05) is 13.4 Å². The summed E-state index contributed by atoms with van der Waals surface area (Å²) in [5, 5.41) is 3.17. The third kappa shape index (κ3) is 4.44. The van der Waals surface area contributed by atoms with Gasteiger partial charge in [0.15, 0.2) is 0 Å². The maximum absolute atomic E-state index is 13.2. The molecule has 2 aromatic carbocycles. The summed E-state index contributed by atoms with van der Waals surface area (Å²) in [6, 6.07) is 15.2. The normalized spacial score (nSPS) is 12.1. The highest BCUT2D eigenvalue weighted by Gasteiger charge is 2.22. The summed E-state index contributed by atoms with van der Waals surface area (Å²) in [6.45, 7) is 0.182. The van der Waals surface area contributed by atoms with E-state index in [1.54, 1.807) is 25.1 Å². The zero-order valence-electron chi connectivity index (χ0n) is 17.8. The van der Waals surface area contributed by atoms with Gasteiger partial charge in [-0.25, -0.2) is 9.97 Å². The van der Waals surface area contributed by atoms with Crippen LogP contribution in [0.5, 0.6) is 5.75 Å². The van der Waals surface area contributed by atoms with Crippen molar-refractivity contribution in [3.05, 3.63) is 78.1 Å². The monoisotopic (exact) mass is 435 g/mol. The van der Waals surface area contributed by atoms with Gasteiger partial charge in [0, 0.05) is 19.4 Å². The lowest BCUT2D eigenvalue weighted by Gasteiger charge is -2.20. The fourth-order valence-electron chi connectivity index (χ4n) is 3.66. The second-order valence-electron chi connectivity index (χ2n) is 7.21. The SMILES string of the molecule is COc1cccc(C(NC(=O)Cn2c(CSC)nc3ccccc32)c2nccn2C)c1. The number of thioether (sulfide) groups is 1. The van der Waals surface area contributed by atoms with Crippen LogP contribution in [-0.4, -0.2) is 38.4 Å². The molecule has 0 fully saturated rings. The van der Waals surface area contributed by atoms with E-state index in [1.165, 1.54) is 0 Å². The molecule has 0 aliphatic rings. The smallest absolute Gasteiger partial charge is 0.240 e. The fraction of sp³-hybridized carbons (Fsp3) is 0.261. The minimum atomic E-state index is -0.401. The maximum Gasteiger partial charge on any atom is 0.240 e. The molecule has 31 heavy (non-hydrogen) atoms. The van der Waals surface area contributed by atoms with Crippen molar-refractivity contribution < 1.29 is 9.53 Å². The average molecular weight is 436 g/mol. The van der Waals surface area contributed by atoms with Crippen molar-refractivity contribution in [3.8, 4) is 5.75 Å². The molecular formula is C23H25N5O2S. The van der Waals surface area contributed by atoms with Gasteiger partial charge >= 0.3 is 0 Å². The van der Waals surface area contributed by atoms with Crippen LogP contribution < -0.4 is 10.1 Å². The molecule has 0 bridgehead atoms. The van der Waals surface area contributed by atoms with Gasteiger partial charge in [0.05, 0.1) is 23.9 Å². The van der Waals surface area contributed by atoms with Crippen LogP contribution in [0.4, 0.5) is 0 Å². The topological polar surface area (TPSA) is 74.0 Å². The number of hydrogen-bond acceptors (Lipinski definition) is 5. The molecule has 0 saturated carbocycles. The summed E-state index contributed by atoms with van der Waals surface area (Å²) in [6.07, 6.45) is 5.63. The molecule has 1 N–H and O–H groups in total. The second kappa shape index (κ2) is 9.26. The lowest BCUT2D eigenvalue weighted by Crippen LogP contribution is -2.34. The van der Waals surface area contributed by atoms with Crippen molar-refractivity contribution in [2.45, 2.75) is 18.3 Å². The van der Waals surface area contributed by atoms with E-state index in [0.717, 1.165) is 39.7 Å². The Morgan fingerprint density at radius 3 is 2.81 bits per heavy atom. The van der Waals surface area contributed by atoms with Gasteiger partial charge in [-0.1, -0.05) is 24.3 Å². The van der Waals surface area contributed by atoms with E-state index in [4.69, 9.17) is 9.72 Å². The van der Waals surface area contributed by atoms with Crippen LogP contribution in [0.1, 0.15) is 23.3 Å². The number of ether oxygens (including phenoxy) is 1. The van der Waals surface area contributed by atoms with Gasteiger partial charge in [0.2, 0.25) is 5.91 Å². The summed E-state index contributed by atoms with van der Waals surface area (Å²) >= 11 is 1.68. The van der Waals surface area contributed by atoms with Gasteiger partial charge in [-0.3, -0.25) is 4.79 Å². The third-order valence-corrected chi connectivity index (χ3v) is 5.70. The van der Waals surface area contributed by atoms with E-state index in [-0.39, 0.29) is 12.5 Å². The molecule has 0 aliphatic heterocycles. The van der Waals surface area contributed by atoms with Gasteiger partial charge in [-0.2, -0.15) is 11.8 Å². The molecule has 4 rings (SSSR count). The Kier molecular flexibility index (Phi) is 6.27. The molecule has 160 valence electrons. The highest BCUT2D eigenvalue weighted by atomic mass is 32.2. The Hall–Kier alpha value is -3.26. The van der Waals surface area contributed by atoms with Crippen LogP contribution in [0.25, 0.3) is 11.0 Å². The van der Waals surface area contributed by atoms with E-state index in [2.05, 4.69) is 10.3 Å². The third-order valence-electron chi connectivity index (χ3n) is 5.16. The number of nitrogens with zero attached hydrogens (tertiary/aromatic N) is 4. The zero-order chi connectivity index (χ0) is 21.8. The molecule has 1 unspecified atom stereocenters. The Bertz CT molecular complexity index is 1200. The van der Waals surface area contributed by atoms with Crippen molar-refractivity contribution >= 4 is 28.7 Å². The van der Waals surface area contributed by atoms with Gasteiger partial charge in [-0.15, -0.1) is 0 Å². The quantitative estimate of drug-likeness (QED) is 0.458. The van der Waals surface area contributed by atoms with E-state index in [9.17, 15) is 4.79 Å². The molecule has 0 aliphatic carbocycles. The zero-order valence-corrected chi connectivity index (χ0v) is 18.6.